The molecule has 4 nitrogen and oxygen atoms in total. The molecule has 0 atom stereocenters. The van der Waals surface area contributed by atoms with Gasteiger partial charge < -0.3 is 9.72 Å². The molecule has 2 N–H and O–H groups in total. The van der Waals surface area contributed by atoms with Crippen LogP contribution in [0.1, 0.15) is 10.4 Å². The maximum absolute atomic E-state index is 11.3. The number of carbonyl (C=O) groups excluding carboxylic acids is 1. The number of nitrogens with one attached hydrogen (secondary N) is 2. The molecule has 2 aromatic rings. The number of aromatic amines is 2. The van der Waals surface area contributed by atoms with E-state index in [2.05, 4.69) is 14.7 Å². The van der Waals surface area contributed by atoms with E-state index < -0.39 is 0 Å². The molecule has 0 fully saturated rings. The molecule has 0 aromatic carbocycles. The molecule has 13 heavy (non-hydrogen) atoms. The summed E-state index contributed by atoms with van der Waals surface area (Å²) in [6.07, 6.45) is 5.22. The van der Waals surface area contributed by atoms with Gasteiger partial charge in [-0.15, -0.1) is 0 Å². The van der Waals surface area contributed by atoms with Gasteiger partial charge in [0.15, 0.2) is 12.4 Å². The van der Waals surface area contributed by atoms with E-state index in [9.17, 15) is 4.79 Å². The Morgan fingerprint density at radius 3 is 3.15 bits per heavy atom. The lowest BCUT2D eigenvalue weighted by molar-refractivity contribution is -0.376. The van der Waals surface area contributed by atoms with E-state index in [1.54, 1.807) is 12.4 Å². The van der Waals surface area contributed by atoms with Crippen molar-refractivity contribution in [1.82, 2.24) is 4.98 Å². The van der Waals surface area contributed by atoms with E-state index in [0.29, 0.717) is 5.56 Å². The fourth-order valence-electron chi connectivity index (χ4n) is 1.29. The minimum absolute atomic E-state index is 0.343. The molecule has 0 amide bonds. The van der Waals surface area contributed by atoms with Gasteiger partial charge in [-0.3, -0.25) is 0 Å². The Hall–Kier alpha value is -1.84. The summed E-state index contributed by atoms with van der Waals surface area (Å²) in [6, 6.07) is 1.89. The van der Waals surface area contributed by atoms with Crippen molar-refractivity contribution >= 4 is 16.9 Å². The van der Waals surface area contributed by atoms with Gasteiger partial charge >= 0.3 is 5.97 Å². The van der Waals surface area contributed by atoms with Gasteiger partial charge in [-0.25, -0.2) is 9.78 Å². The highest BCUT2D eigenvalue weighted by Gasteiger charge is 2.13. The standard InChI is InChI=1S/C9H8N2O2/c1-13-9(12)7-5-10-4-6-2-3-11-8(6)7/h2-5,11H,1H3/p+1. The summed E-state index contributed by atoms with van der Waals surface area (Å²) in [6.45, 7) is 0. The molecule has 2 rings (SSSR count). The highest BCUT2D eigenvalue weighted by molar-refractivity contribution is 6.01. The predicted molar refractivity (Wildman–Crippen MR) is 46.2 cm³/mol. The van der Waals surface area contributed by atoms with Crippen LogP contribution in [0.3, 0.4) is 0 Å². The Bertz CT molecular complexity index is 448. The summed E-state index contributed by atoms with van der Waals surface area (Å²) in [7, 11) is 1.37. The number of aromatic nitrogens is 2. The van der Waals surface area contributed by atoms with Gasteiger partial charge in [-0.1, -0.05) is 0 Å². The molecule has 66 valence electrons. The van der Waals surface area contributed by atoms with Crippen LogP contribution in [0.15, 0.2) is 24.7 Å². The maximum atomic E-state index is 11.3. The van der Waals surface area contributed by atoms with Crippen LogP contribution in [0.4, 0.5) is 0 Å². The topological polar surface area (TPSA) is 56.2 Å². The smallest absolute Gasteiger partial charge is 0.346 e. The van der Waals surface area contributed by atoms with Crippen molar-refractivity contribution in [3.63, 3.8) is 0 Å². The minimum Gasteiger partial charge on any atom is -0.465 e. The van der Waals surface area contributed by atoms with Crippen LogP contribution in [0.25, 0.3) is 10.9 Å². The summed E-state index contributed by atoms with van der Waals surface area (Å²) in [5, 5.41) is 0.961. The van der Waals surface area contributed by atoms with Crippen LogP contribution < -0.4 is 4.98 Å². The van der Waals surface area contributed by atoms with Crippen LogP contribution in [-0.2, 0) is 4.74 Å². The summed E-state index contributed by atoms with van der Waals surface area (Å²) in [5.41, 5.74) is 1.32. The lowest BCUT2D eigenvalue weighted by atomic mass is 10.2. The first-order valence-electron chi connectivity index (χ1n) is 3.88. The average molecular weight is 177 g/mol. The first-order chi connectivity index (χ1) is 6.33. The minimum atomic E-state index is -0.343. The number of methoxy groups -OCH3 is 1. The zero-order chi connectivity index (χ0) is 9.26. The molecule has 0 radical (unpaired) electrons. The summed E-state index contributed by atoms with van der Waals surface area (Å²) >= 11 is 0. The lowest BCUT2D eigenvalue weighted by Gasteiger charge is -1.96. The monoisotopic (exact) mass is 177 g/mol. The summed E-state index contributed by atoms with van der Waals surface area (Å²) in [5.74, 6) is -0.343. The zero-order valence-electron chi connectivity index (χ0n) is 7.13. The van der Waals surface area contributed by atoms with E-state index in [1.165, 1.54) is 7.11 Å². The number of H-pyrrole nitrogens is 2. The summed E-state index contributed by atoms with van der Waals surface area (Å²) < 4.78 is 4.63. The first kappa shape index (κ1) is 7.79. The van der Waals surface area contributed by atoms with Crippen molar-refractivity contribution in [3.8, 4) is 0 Å². The van der Waals surface area contributed by atoms with Gasteiger partial charge in [0.1, 0.15) is 5.56 Å². The summed E-state index contributed by atoms with van der Waals surface area (Å²) in [4.78, 5) is 17.1. The zero-order valence-corrected chi connectivity index (χ0v) is 7.13. The largest absolute Gasteiger partial charge is 0.465 e. The second kappa shape index (κ2) is 2.90. The highest BCUT2D eigenvalue weighted by Crippen LogP contribution is 2.14. The molecule has 0 aliphatic rings. The number of ether oxygens (including phenoxy) is 1. The maximum Gasteiger partial charge on any atom is 0.346 e. The molecule has 0 spiro atoms. The molecule has 0 aliphatic heterocycles. The molecule has 2 aromatic heterocycles. The highest BCUT2D eigenvalue weighted by atomic mass is 16.5. The number of pyridine rings is 1. The Labute approximate surface area is 74.5 Å². The number of carbonyl (C=O) groups is 1. The van der Waals surface area contributed by atoms with Crippen LogP contribution in [0.2, 0.25) is 0 Å². The molecule has 0 bridgehead atoms. The Morgan fingerprint density at radius 1 is 1.54 bits per heavy atom. The van der Waals surface area contributed by atoms with Crippen molar-refractivity contribution < 1.29 is 14.5 Å². The lowest BCUT2D eigenvalue weighted by Crippen LogP contribution is -2.09. The van der Waals surface area contributed by atoms with Crippen molar-refractivity contribution in [2.45, 2.75) is 0 Å². The second-order valence-corrected chi connectivity index (χ2v) is 2.67. The van der Waals surface area contributed by atoms with Crippen LogP contribution >= 0.6 is 0 Å². The second-order valence-electron chi connectivity index (χ2n) is 2.67. The van der Waals surface area contributed by atoms with Crippen molar-refractivity contribution in [3.05, 3.63) is 30.2 Å². The SMILES string of the molecule is COC(=O)c1c[nH+]cc2cc[nH]c12. The van der Waals surface area contributed by atoms with Gasteiger partial charge in [0.05, 0.1) is 18.0 Å². The number of hydrogen-bond acceptors (Lipinski definition) is 2. The van der Waals surface area contributed by atoms with Crippen LogP contribution in [-0.4, -0.2) is 18.1 Å². The van der Waals surface area contributed by atoms with E-state index in [0.717, 1.165) is 10.9 Å². The predicted octanol–water partition coefficient (Wildman–Crippen LogP) is 0.769. The molecule has 0 unspecified atom stereocenters. The van der Waals surface area contributed by atoms with Crippen LogP contribution in [0, 0.1) is 0 Å². The van der Waals surface area contributed by atoms with Crippen molar-refractivity contribution in [2.75, 3.05) is 7.11 Å². The number of fused-ring (bicyclic) bond motifs is 1. The number of rotatable bonds is 1. The Balaban J connectivity index is 2.67. The molecular formula is C9H9N2O2+. The van der Waals surface area contributed by atoms with Crippen LogP contribution in [0.5, 0.6) is 0 Å². The average Bonchev–Trinajstić information content (AvgIpc) is 2.63. The Kier molecular flexibility index (Phi) is 1.73. The van der Waals surface area contributed by atoms with Gasteiger partial charge in [0, 0.05) is 6.20 Å². The normalized spacial score (nSPS) is 10.2. The molecule has 0 saturated carbocycles. The molecule has 0 saturated heterocycles. The third-order valence-corrected chi connectivity index (χ3v) is 1.92. The fraction of sp³-hybridized carbons (Fsp3) is 0.111. The number of esters is 1. The molecular weight excluding hydrogens is 168 g/mol. The van der Waals surface area contributed by atoms with E-state index in [4.69, 9.17) is 0 Å². The molecule has 2 heterocycles. The third kappa shape index (κ3) is 1.16. The van der Waals surface area contributed by atoms with Gasteiger partial charge in [0.25, 0.3) is 0 Å². The van der Waals surface area contributed by atoms with Crippen molar-refractivity contribution in [2.24, 2.45) is 0 Å². The van der Waals surface area contributed by atoms with E-state index in [-0.39, 0.29) is 5.97 Å². The van der Waals surface area contributed by atoms with E-state index >= 15 is 0 Å². The quantitative estimate of drug-likeness (QED) is 0.654. The first-order valence-corrected chi connectivity index (χ1v) is 3.88. The van der Waals surface area contributed by atoms with Gasteiger partial charge in [0.2, 0.25) is 0 Å². The fourth-order valence-corrected chi connectivity index (χ4v) is 1.29. The molecule has 0 aliphatic carbocycles. The van der Waals surface area contributed by atoms with Gasteiger partial charge in [-0.05, 0) is 6.07 Å². The van der Waals surface area contributed by atoms with Crippen molar-refractivity contribution in [1.29, 1.82) is 0 Å². The van der Waals surface area contributed by atoms with Gasteiger partial charge in [-0.2, -0.15) is 0 Å². The van der Waals surface area contributed by atoms with E-state index in [1.807, 2.05) is 12.3 Å². The molecule has 4 heteroatoms. The number of hydrogen-bond donors (Lipinski definition) is 1. The Morgan fingerprint density at radius 2 is 2.38 bits per heavy atom. The third-order valence-electron chi connectivity index (χ3n) is 1.92.